The van der Waals surface area contributed by atoms with Gasteiger partial charge in [0.2, 0.25) is 0 Å². The molecule has 0 radical (unpaired) electrons. The van der Waals surface area contributed by atoms with Gasteiger partial charge in [0.05, 0.1) is 13.2 Å². The summed E-state index contributed by atoms with van der Waals surface area (Å²) in [6, 6.07) is 0. The van der Waals surface area contributed by atoms with Gasteiger partial charge in [-0.25, -0.2) is 0 Å². The maximum atomic E-state index is 5.63. The summed E-state index contributed by atoms with van der Waals surface area (Å²) in [6.45, 7) is 10.5. The molecule has 1 aliphatic heterocycles. The van der Waals surface area contributed by atoms with Gasteiger partial charge >= 0.3 is 0 Å². The summed E-state index contributed by atoms with van der Waals surface area (Å²) in [5, 5.41) is 0. The Morgan fingerprint density at radius 3 is 2.00 bits per heavy atom. The third-order valence-corrected chi connectivity index (χ3v) is 2.34. The number of rotatable bonds is 3. The van der Waals surface area contributed by atoms with E-state index in [0.29, 0.717) is 11.8 Å². The maximum Gasteiger partial charge on any atom is 0.159 e. The Morgan fingerprint density at radius 1 is 1.08 bits per heavy atom. The molecular weight excluding hydrogens is 164 g/mol. The summed E-state index contributed by atoms with van der Waals surface area (Å²) < 4.78 is 11.3. The molecule has 0 aromatic heterocycles. The summed E-state index contributed by atoms with van der Waals surface area (Å²) in [4.78, 5) is 0. The van der Waals surface area contributed by atoms with Crippen molar-refractivity contribution in [3.05, 3.63) is 0 Å². The molecule has 0 saturated carbocycles. The summed E-state index contributed by atoms with van der Waals surface area (Å²) >= 11 is 0. The van der Waals surface area contributed by atoms with Crippen LogP contribution < -0.4 is 0 Å². The molecule has 0 unspecified atom stereocenters. The Kier molecular flexibility index (Phi) is 4.20. The van der Waals surface area contributed by atoms with E-state index in [1.54, 1.807) is 0 Å². The average molecular weight is 186 g/mol. The first-order valence-electron chi connectivity index (χ1n) is 5.32. The van der Waals surface area contributed by atoms with Crippen LogP contribution in [-0.4, -0.2) is 19.5 Å². The van der Waals surface area contributed by atoms with Crippen molar-refractivity contribution in [3.8, 4) is 0 Å². The van der Waals surface area contributed by atoms with Gasteiger partial charge in [0.25, 0.3) is 0 Å². The molecular formula is C11H22O2. The van der Waals surface area contributed by atoms with Crippen LogP contribution in [0.15, 0.2) is 0 Å². The Bertz CT molecular complexity index is 135. The molecule has 0 aliphatic carbocycles. The normalized spacial score (nSPS) is 30.0. The molecule has 0 N–H and O–H groups in total. The molecule has 0 bridgehead atoms. The van der Waals surface area contributed by atoms with Crippen LogP contribution in [0, 0.1) is 17.8 Å². The fourth-order valence-corrected chi connectivity index (χ4v) is 1.75. The second kappa shape index (κ2) is 4.97. The van der Waals surface area contributed by atoms with E-state index in [-0.39, 0.29) is 6.29 Å². The van der Waals surface area contributed by atoms with Gasteiger partial charge in [-0.15, -0.1) is 0 Å². The largest absolute Gasteiger partial charge is 0.352 e. The highest BCUT2D eigenvalue weighted by molar-refractivity contribution is 4.66. The summed E-state index contributed by atoms with van der Waals surface area (Å²) in [7, 11) is 0. The molecule has 0 aromatic rings. The Hall–Kier alpha value is -0.0800. The molecule has 1 fully saturated rings. The fourth-order valence-electron chi connectivity index (χ4n) is 1.75. The SMILES string of the molecule is CC(C)CC1COC(C(C)C)OC1. The van der Waals surface area contributed by atoms with Crippen LogP contribution in [0.25, 0.3) is 0 Å². The van der Waals surface area contributed by atoms with Crippen molar-refractivity contribution in [1.82, 2.24) is 0 Å². The highest BCUT2D eigenvalue weighted by Gasteiger charge is 2.24. The van der Waals surface area contributed by atoms with Gasteiger partial charge in [-0.3, -0.25) is 0 Å². The average Bonchev–Trinajstić information content (AvgIpc) is 2.04. The third kappa shape index (κ3) is 3.65. The predicted octanol–water partition coefficient (Wildman–Crippen LogP) is 2.68. The molecule has 13 heavy (non-hydrogen) atoms. The van der Waals surface area contributed by atoms with Gasteiger partial charge < -0.3 is 9.47 Å². The molecule has 78 valence electrons. The highest BCUT2D eigenvalue weighted by atomic mass is 16.7. The summed E-state index contributed by atoms with van der Waals surface area (Å²) in [5.74, 6) is 1.82. The molecule has 2 heteroatoms. The van der Waals surface area contributed by atoms with E-state index in [1.165, 1.54) is 6.42 Å². The molecule has 2 nitrogen and oxygen atoms in total. The lowest BCUT2D eigenvalue weighted by molar-refractivity contribution is -0.220. The van der Waals surface area contributed by atoms with Gasteiger partial charge in [-0.05, 0) is 12.3 Å². The van der Waals surface area contributed by atoms with Crippen molar-refractivity contribution in [2.45, 2.75) is 40.4 Å². The molecule has 1 saturated heterocycles. The molecule has 1 heterocycles. The van der Waals surface area contributed by atoms with Gasteiger partial charge in [0, 0.05) is 11.8 Å². The molecule has 0 spiro atoms. The van der Waals surface area contributed by atoms with Crippen LogP contribution in [0.1, 0.15) is 34.1 Å². The van der Waals surface area contributed by atoms with Crippen LogP contribution in [0.3, 0.4) is 0 Å². The molecule has 1 rings (SSSR count). The number of hydrogen-bond donors (Lipinski definition) is 0. The minimum absolute atomic E-state index is 0.0309. The van der Waals surface area contributed by atoms with E-state index < -0.39 is 0 Å². The first kappa shape index (κ1) is 11.0. The van der Waals surface area contributed by atoms with E-state index in [0.717, 1.165) is 19.1 Å². The third-order valence-electron chi connectivity index (χ3n) is 2.34. The van der Waals surface area contributed by atoms with Gasteiger partial charge in [0.15, 0.2) is 6.29 Å². The number of hydrogen-bond acceptors (Lipinski definition) is 2. The topological polar surface area (TPSA) is 18.5 Å². The first-order valence-corrected chi connectivity index (χ1v) is 5.32. The van der Waals surface area contributed by atoms with Crippen molar-refractivity contribution < 1.29 is 9.47 Å². The lowest BCUT2D eigenvalue weighted by Gasteiger charge is -2.32. The lowest BCUT2D eigenvalue weighted by Crippen LogP contribution is -2.35. The van der Waals surface area contributed by atoms with Crippen LogP contribution >= 0.6 is 0 Å². The minimum atomic E-state index is 0.0309. The van der Waals surface area contributed by atoms with Crippen molar-refractivity contribution in [3.63, 3.8) is 0 Å². The van der Waals surface area contributed by atoms with Crippen molar-refractivity contribution in [1.29, 1.82) is 0 Å². The van der Waals surface area contributed by atoms with Crippen LogP contribution in [0.4, 0.5) is 0 Å². The van der Waals surface area contributed by atoms with Crippen molar-refractivity contribution >= 4 is 0 Å². The first-order chi connectivity index (χ1) is 6.09. The van der Waals surface area contributed by atoms with E-state index >= 15 is 0 Å². The standard InChI is InChI=1S/C11H22O2/c1-8(2)5-10-6-12-11(9(3)4)13-7-10/h8-11H,5-7H2,1-4H3. The minimum Gasteiger partial charge on any atom is -0.352 e. The molecule has 0 amide bonds. The zero-order valence-electron chi connectivity index (χ0n) is 9.25. The Balaban J connectivity index is 2.22. The Morgan fingerprint density at radius 2 is 1.62 bits per heavy atom. The summed E-state index contributed by atoms with van der Waals surface area (Å²) in [6.07, 6.45) is 1.24. The highest BCUT2D eigenvalue weighted by Crippen LogP contribution is 2.21. The Labute approximate surface area is 81.6 Å². The second-order valence-electron chi connectivity index (χ2n) is 4.77. The molecule has 0 aromatic carbocycles. The van der Waals surface area contributed by atoms with E-state index in [2.05, 4.69) is 27.7 Å². The lowest BCUT2D eigenvalue weighted by atomic mass is 9.98. The molecule has 1 aliphatic rings. The smallest absolute Gasteiger partial charge is 0.159 e. The van der Waals surface area contributed by atoms with Crippen LogP contribution in [-0.2, 0) is 9.47 Å². The van der Waals surface area contributed by atoms with Crippen molar-refractivity contribution in [2.75, 3.05) is 13.2 Å². The van der Waals surface area contributed by atoms with Crippen molar-refractivity contribution in [2.24, 2.45) is 17.8 Å². The van der Waals surface area contributed by atoms with Gasteiger partial charge in [-0.2, -0.15) is 0 Å². The predicted molar refractivity (Wildman–Crippen MR) is 53.5 cm³/mol. The molecule has 0 atom stereocenters. The van der Waals surface area contributed by atoms with Crippen LogP contribution in [0.2, 0.25) is 0 Å². The number of ether oxygens (including phenoxy) is 2. The van der Waals surface area contributed by atoms with Gasteiger partial charge in [0.1, 0.15) is 0 Å². The monoisotopic (exact) mass is 186 g/mol. The zero-order valence-corrected chi connectivity index (χ0v) is 9.25. The fraction of sp³-hybridized carbons (Fsp3) is 1.00. The summed E-state index contributed by atoms with van der Waals surface area (Å²) in [5.41, 5.74) is 0. The van der Waals surface area contributed by atoms with Gasteiger partial charge in [-0.1, -0.05) is 27.7 Å². The van der Waals surface area contributed by atoms with Crippen LogP contribution in [0.5, 0.6) is 0 Å². The quantitative estimate of drug-likeness (QED) is 0.674. The van der Waals surface area contributed by atoms with E-state index in [9.17, 15) is 0 Å². The maximum absolute atomic E-state index is 5.63. The second-order valence-corrected chi connectivity index (χ2v) is 4.77. The van der Waals surface area contributed by atoms with E-state index in [4.69, 9.17) is 9.47 Å². The zero-order chi connectivity index (χ0) is 9.84. The van der Waals surface area contributed by atoms with E-state index in [1.807, 2.05) is 0 Å².